The minimum Gasteiger partial charge on any atom is -0.368 e. The van der Waals surface area contributed by atoms with Crippen LogP contribution in [0.5, 0.6) is 0 Å². The number of hydrogen-bond donors (Lipinski definition) is 0. The van der Waals surface area contributed by atoms with E-state index in [4.69, 9.17) is 0 Å². The van der Waals surface area contributed by atoms with Crippen LogP contribution in [0.2, 0.25) is 0 Å². The predicted molar refractivity (Wildman–Crippen MR) is 70.5 cm³/mol. The van der Waals surface area contributed by atoms with E-state index >= 15 is 0 Å². The zero-order chi connectivity index (χ0) is 17.1. The molecule has 0 saturated carbocycles. The first-order valence-corrected chi connectivity index (χ1v) is 7.40. The Hall–Kier alpha value is -2.10. The van der Waals surface area contributed by atoms with Gasteiger partial charge < -0.3 is 4.74 Å². The lowest BCUT2D eigenvalue weighted by atomic mass is 10.3. The van der Waals surface area contributed by atoms with Gasteiger partial charge in [-0.3, -0.25) is 0 Å². The monoisotopic (exact) mass is 339 g/mol. The Morgan fingerprint density at radius 3 is 2.05 bits per heavy atom. The molecule has 1 aromatic carbocycles. The van der Waals surface area contributed by atoms with Gasteiger partial charge in [-0.15, -0.1) is 0 Å². The fourth-order valence-corrected chi connectivity index (χ4v) is 2.39. The molecule has 122 valence electrons. The first-order valence-electron chi connectivity index (χ1n) is 5.90. The molecule has 10 heteroatoms. The summed E-state index contributed by atoms with van der Waals surface area (Å²) < 4.78 is 64.3. The molecule has 0 radical (unpaired) electrons. The molecule has 0 heterocycles. The molecule has 0 aromatic heterocycles. The van der Waals surface area contributed by atoms with Crippen LogP contribution in [0.3, 0.4) is 0 Å². The third-order valence-corrected chi connectivity index (χ3v) is 4.48. The molecule has 0 aliphatic carbocycles. The molecule has 0 bridgehead atoms. The molecule has 0 spiro atoms. The van der Waals surface area contributed by atoms with Gasteiger partial charge in [0.15, 0.2) is 0 Å². The lowest BCUT2D eigenvalue weighted by Gasteiger charge is -2.23. The highest BCUT2D eigenvalue weighted by molar-refractivity contribution is 7.94. The van der Waals surface area contributed by atoms with Crippen molar-refractivity contribution in [3.05, 3.63) is 30.3 Å². The number of anilines is 1. The van der Waals surface area contributed by atoms with Gasteiger partial charge in [-0.25, -0.2) is 18.0 Å². The molecule has 0 saturated heterocycles. The largest absolute Gasteiger partial charge is 0.491 e. The van der Waals surface area contributed by atoms with Crippen molar-refractivity contribution >= 4 is 27.8 Å². The van der Waals surface area contributed by atoms with E-state index in [1.54, 1.807) is 0 Å². The van der Waals surface area contributed by atoms with Gasteiger partial charge in [-0.2, -0.15) is 17.5 Å². The van der Waals surface area contributed by atoms with Gasteiger partial charge in [-0.1, -0.05) is 18.2 Å². The Morgan fingerprint density at radius 2 is 1.64 bits per heavy atom. The molecule has 1 rings (SSSR count). The summed E-state index contributed by atoms with van der Waals surface area (Å²) in [5.41, 5.74) is -0.240. The van der Waals surface area contributed by atoms with E-state index in [-0.39, 0.29) is 9.99 Å². The first-order chi connectivity index (χ1) is 9.98. The summed E-state index contributed by atoms with van der Waals surface area (Å²) in [6.45, 7) is 2.45. The average molecular weight is 339 g/mol. The van der Waals surface area contributed by atoms with E-state index < -0.39 is 33.5 Å². The van der Waals surface area contributed by atoms with E-state index in [0.29, 0.717) is 0 Å². The smallest absolute Gasteiger partial charge is 0.368 e. The number of rotatable bonds is 3. The van der Waals surface area contributed by atoms with E-state index in [0.717, 1.165) is 0 Å². The van der Waals surface area contributed by atoms with Crippen LogP contribution in [-0.4, -0.2) is 31.9 Å². The molecule has 1 aromatic rings. The van der Waals surface area contributed by atoms with Crippen LogP contribution < -0.4 is 4.31 Å². The zero-order valence-electron chi connectivity index (χ0n) is 11.5. The molecule has 0 atom stereocenters. The van der Waals surface area contributed by atoms with Crippen LogP contribution in [0.25, 0.3) is 0 Å². The Labute approximate surface area is 124 Å². The highest BCUT2D eigenvalue weighted by atomic mass is 32.2. The highest BCUT2D eigenvalue weighted by Crippen LogP contribution is 2.23. The standard InChI is InChI=1S/C12H12F3NO5S/c1-8(2)22(19,20)16(9-6-4-3-5-7-9)11(18)21-10(17)12(13,14)15/h3-8H,1-2H3. The molecule has 0 N–H and O–H groups in total. The summed E-state index contributed by atoms with van der Waals surface area (Å²) in [7, 11) is -4.34. The van der Waals surface area contributed by atoms with Gasteiger partial charge in [0.05, 0.1) is 10.9 Å². The number of carbonyl (C=O) groups excluding carboxylic acids is 2. The summed E-state index contributed by atoms with van der Waals surface area (Å²) in [4.78, 5) is 22.5. The number of hydrogen-bond acceptors (Lipinski definition) is 5. The molecule has 0 fully saturated rings. The van der Waals surface area contributed by atoms with Crippen LogP contribution in [0.4, 0.5) is 23.7 Å². The lowest BCUT2D eigenvalue weighted by molar-refractivity contribution is -0.192. The molecule has 6 nitrogen and oxygen atoms in total. The van der Waals surface area contributed by atoms with Crippen LogP contribution in [0.15, 0.2) is 30.3 Å². The lowest BCUT2D eigenvalue weighted by Crippen LogP contribution is -2.43. The second-order valence-electron chi connectivity index (χ2n) is 4.35. The molecule has 0 unspecified atom stereocenters. The van der Waals surface area contributed by atoms with Crippen molar-refractivity contribution in [2.75, 3.05) is 4.31 Å². The van der Waals surface area contributed by atoms with Gasteiger partial charge in [0.25, 0.3) is 0 Å². The van der Waals surface area contributed by atoms with Crippen molar-refractivity contribution in [3.8, 4) is 0 Å². The molecule has 22 heavy (non-hydrogen) atoms. The Kier molecular flexibility index (Phi) is 5.17. The van der Waals surface area contributed by atoms with Gasteiger partial charge in [-0.05, 0) is 26.0 Å². The average Bonchev–Trinajstić information content (AvgIpc) is 2.38. The maximum atomic E-state index is 12.1. The number of nitrogens with zero attached hydrogens (tertiary/aromatic N) is 1. The van der Waals surface area contributed by atoms with Gasteiger partial charge in [0, 0.05) is 0 Å². The summed E-state index contributed by atoms with van der Waals surface area (Å²) in [6.07, 6.45) is -7.36. The topological polar surface area (TPSA) is 80.8 Å². The van der Waals surface area contributed by atoms with Gasteiger partial charge in [0.1, 0.15) is 0 Å². The minimum atomic E-state index is -5.42. The fourth-order valence-electron chi connectivity index (χ4n) is 1.31. The number of para-hydroxylation sites is 1. The molecule has 0 aliphatic heterocycles. The third-order valence-electron chi connectivity index (χ3n) is 2.42. The fraction of sp³-hybridized carbons (Fsp3) is 0.333. The number of carbonyl (C=O) groups is 2. The summed E-state index contributed by atoms with van der Waals surface area (Å²) in [5, 5.41) is -1.12. The minimum absolute atomic E-state index is 0.0291. The maximum Gasteiger partial charge on any atom is 0.491 e. The quantitative estimate of drug-likeness (QED) is 0.624. The van der Waals surface area contributed by atoms with Crippen molar-refractivity contribution in [2.45, 2.75) is 25.3 Å². The predicted octanol–water partition coefficient (Wildman–Crippen LogP) is 2.46. The van der Waals surface area contributed by atoms with E-state index in [1.807, 2.05) is 0 Å². The molecule has 1 amide bonds. The zero-order valence-corrected chi connectivity index (χ0v) is 12.3. The first kappa shape index (κ1) is 18.0. The third kappa shape index (κ3) is 3.97. The number of sulfonamides is 1. The van der Waals surface area contributed by atoms with Crippen LogP contribution in [0.1, 0.15) is 13.8 Å². The number of alkyl halides is 3. The van der Waals surface area contributed by atoms with E-state index in [9.17, 15) is 31.2 Å². The number of esters is 1. The second-order valence-corrected chi connectivity index (χ2v) is 6.68. The van der Waals surface area contributed by atoms with E-state index in [2.05, 4.69) is 4.74 Å². The number of halogens is 3. The SMILES string of the molecule is CC(C)S(=O)(=O)N(C(=O)OC(=O)C(F)(F)F)c1ccccc1. The Balaban J connectivity index is 3.24. The van der Waals surface area contributed by atoms with Crippen molar-refractivity contribution in [2.24, 2.45) is 0 Å². The second kappa shape index (κ2) is 6.34. The molecular formula is C12H12F3NO5S. The van der Waals surface area contributed by atoms with E-state index in [1.165, 1.54) is 44.2 Å². The highest BCUT2D eigenvalue weighted by Gasteiger charge is 2.45. The van der Waals surface area contributed by atoms with Crippen molar-refractivity contribution in [1.29, 1.82) is 0 Å². The number of ether oxygens (including phenoxy) is 1. The Bertz CT molecular complexity index is 655. The van der Waals surface area contributed by atoms with Crippen LogP contribution >= 0.6 is 0 Å². The van der Waals surface area contributed by atoms with Gasteiger partial charge >= 0.3 is 18.2 Å². The number of benzene rings is 1. The molecular weight excluding hydrogens is 327 g/mol. The number of amides is 1. The van der Waals surface area contributed by atoms with Gasteiger partial charge in [0.2, 0.25) is 10.0 Å². The normalized spacial score (nSPS) is 12.1. The van der Waals surface area contributed by atoms with Crippen LogP contribution in [-0.2, 0) is 19.6 Å². The van der Waals surface area contributed by atoms with Crippen molar-refractivity contribution < 1.29 is 35.9 Å². The van der Waals surface area contributed by atoms with Crippen molar-refractivity contribution in [1.82, 2.24) is 0 Å². The maximum absolute atomic E-state index is 12.1. The summed E-state index contributed by atoms with van der Waals surface area (Å²) in [6, 6.07) is 6.61. The molecule has 0 aliphatic rings. The summed E-state index contributed by atoms with van der Waals surface area (Å²) in [5.74, 6) is -2.79. The van der Waals surface area contributed by atoms with Crippen LogP contribution in [0, 0.1) is 0 Å². The van der Waals surface area contributed by atoms with Crippen molar-refractivity contribution in [3.63, 3.8) is 0 Å². The summed E-state index contributed by atoms with van der Waals surface area (Å²) >= 11 is 0. The Morgan fingerprint density at radius 1 is 1.14 bits per heavy atom.